The Balaban J connectivity index is 2.40. The summed E-state index contributed by atoms with van der Waals surface area (Å²) >= 11 is 0. The fraction of sp³-hybridized carbons (Fsp3) is 0.200. The van der Waals surface area contributed by atoms with Crippen molar-refractivity contribution in [2.24, 2.45) is 0 Å². The van der Waals surface area contributed by atoms with E-state index in [0.29, 0.717) is 11.4 Å². The third-order valence-corrected chi connectivity index (χ3v) is 3.97. The zero-order valence-electron chi connectivity index (χ0n) is 10.9. The van der Waals surface area contributed by atoms with Gasteiger partial charge >= 0.3 is 0 Å². The van der Waals surface area contributed by atoms with Crippen molar-refractivity contribution in [2.75, 3.05) is 11.5 Å². The second-order valence-electron chi connectivity index (χ2n) is 5.54. The molecule has 0 atom stereocenters. The molecule has 0 saturated heterocycles. The average Bonchev–Trinajstić information content (AvgIpc) is 2.52. The summed E-state index contributed by atoms with van der Waals surface area (Å²) in [5, 5.41) is 19.6. The molecule has 2 aromatic carbocycles. The van der Waals surface area contributed by atoms with E-state index >= 15 is 0 Å². The van der Waals surface area contributed by atoms with E-state index in [1.165, 1.54) is 0 Å². The topological polar surface area (TPSA) is 92.5 Å². The van der Waals surface area contributed by atoms with Crippen LogP contribution in [0.1, 0.15) is 25.0 Å². The van der Waals surface area contributed by atoms with Gasteiger partial charge in [-0.3, -0.25) is 0 Å². The molecular weight excluding hydrogens is 240 g/mol. The molecule has 4 heteroatoms. The summed E-state index contributed by atoms with van der Waals surface area (Å²) in [6, 6.07) is 6.90. The Morgan fingerprint density at radius 1 is 0.789 bits per heavy atom. The predicted octanol–water partition coefficient (Wildman–Crippen LogP) is 2.57. The van der Waals surface area contributed by atoms with Crippen molar-refractivity contribution in [1.82, 2.24) is 0 Å². The molecule has 3 rings (SSSR count). The highest BCUT2D eigenvalue weighted by Gasteiger charge is 2.36. The van der Waals surface area contributed by atoms with Crippen LogP contribution in [0.3, 0.4) is 0 Å². The molecule has 0 spiro atoms. The van der Waals surface area contributed by atoms with E-state index in [2.05, 4.69) is 0 Å². The Labute approximate surface area is 111 Å². The lowest BCUT2D eigenvalue weighted by Crippen LogP contribution is -2.15. The van der Waals surface area contributed by atoms with Crippen molar-refractivity contribution in [3.05, 3.63) is 35.4 Å². The predicted molar refractivity (Wildman–Crippen MR) is 76.2 cm³/mol. The SMILES string of the molecule is CC1(C)c2cc(O)c(N)cc2-c2cc(N)c(O)cc21. The van der Waals surface area contributed by atoms with Crippen LogP contribution in [0.25, 0.3) is 11.1 Å². The molecule has 0 heterocycles. The van der Waals surface area contributed by atoms with E-state index in [-0.39, 0.29) is 16.9 Å². The van der Waals surface area contributed by atoms with Crippen LogP contribution < -0.4 is 11.5 Å². The molecule has 6 N–H and O–H groups in total. The van der Waals surface area contributed by atoms with Crippen LogP contribution in [-0.4, -0.2) is 10.2 Å². The first-order valence-electron chi connectivity index (χ1n) is 6.08. The standard InChI is InChI=1S/C15H16N2O2/c1-15(2)9-5-13(18)11(16)3-7(9)8-4-12(17)14(19)6-10(8)15/h3-6,18-19H,16-17H2,1-2H3. The van der Waals surface area contributed by atoms with Gasteiger partial charge < -0.3 is 21.7 Å². The quantitative estimate of drug-likeness (QED) is 0.430. The van der Waals surface area contributed by atoms with Crippen LogP contribution in [-0.2, 0) is 5.41 Å². The molecule has 4 nitrogen and oxygen atoms in total. The molecule has 0 saturated carbocycles. The van der Waals surface area contributed by atoms with Gasteiger partial charge in [0.25, 0.3) is 0 Å². The van der Waals surface area contributed by atoms with Gasteiger partial charge in [-0.05, 0) is 46.5 Å². The minimum atomic E-state index is -0.305. The molecule has 0 fully saturated rings. The van der Waals surface area contributed by atoms with Crippen molar-refractivity contribution in [3.8, 4) is 22.6 Å². The van der Waals surface area contributed by atoms with Gasteiger partial charge in [0, 0.05) is 5.41 Å². The number of aromatic hydroxyl groups is 2. The smallest absolute Gasteiger partial charge is 0.138 e. The van der Waals surface area contributed by atoms with Crippen LogP contribution in [0.2, 0.25) is 0 Å². The molecule has 1 aliphatic carbocycles. The Morgan fingerprint density at radius 2 is 1.16 bits per heavy atom. The molecule has 0 unspecified atom stereocenters. The highest BCUT2D eigenvalue weighted by atomic mass is 16.3. The summed E-state index contributed by atoms with van der Waals surface area (Å²) in [5.74, 6) is 0.161. The van der Waals surface area contributed by atoms with Crippen LogP contribution >= 0.6 is 0 Å². The maximum Gasteiger partial charge on any atom is 0.138 e. The normalized spacial score (nSPS) is 15.1. The molecule has 0 amide bonds. The van der Waals surface area contributed by atoms with Crippen LogP contribution in [0, 0.1) is 0 Å². The highest BCUT2D eigenvalue weighted by Crippen LogP contribution is 2.52. The number of benzene rings is 2. The Hall–Kier alpha value is -2.36. The number of nitrogens with two attached hydrogens (primary N) is 2. The van der Waals surface area contributed by atoms with Gasteiger partial charge in [0.1, 0.15) is 11.5 Å². The summed E-state index contributed by atoms with van der Waals surface area (Å²) in [5.41, 5.74) is 15.8. The summed E-state index contributed by atoms with van der Waals surface area (Å²) < 4.78 is 0. The van der Waals surface area contributed by atoms with Crippen LogP contribution in [0.4, 0.5) is 11.4 Å². The summed E-state index contributed by atoms with van der Waals surface area (Å²) in [6.07, 6.45) is 0. The molecule has 0 radical (unpaired) electrons. The number of hydrogen-bond acceptors (Lipinski definition) is 4. The van der Waals surface area contributed by atoms with Crippen molar-refractivity contribution in [3.63, 3.8) is 0 Å². The lowest BCUT2D eigenvalue weighted by Gasteiger charge is -2.22. The molecule has 0 bridgehead atoms. The van der Waals surface area contributed by atoms with Crippen molar-refractivity contribution in [2.45, 2.75) is 19.3 Å². The number of phenolic OH excluding ortho intramolecular Hbond substituents is 2. The lowest BCUT2D eigenvalue weighted by molar-refractivity contribution is 0.474. The van der Waals surface area contributed by atoms with Crippen molar-refractivity contribution >= 4 is 11.4 Å². The summed E-state index contributed by atoms with van der Waals surface area (Å²) in [6.45, 7) is 4.09. The maximum atomic E-state index is 9.80. The highest BCUT2D eigenvalue weighted by molar-refractivity contribution is 5.87. The molecule has 0 aromatic heterocycles. The number of phenols is 2. The number of nitrogen functional groups attached to an aromatic ring is 2. The van der Waals surface area contributed by atoms with Gasteiger partial charge in [0.2, 0.25) is 0 Å². The van der Waals surface area contributed by atoms with E-state index in [1.807, 2.05) is 13.8 Å². The second-order valence-corrected chi connectivity index (χ2v) is 5.54. The summed E-state index contributed by atoms with van der Waals surface area (Å²) in [4.78, 5) is 0. The lowest BCUT2D eigenvalue weighted by atomic mass is 9.82. The number of anilines is 2. The average molecular weight is 256 g/mol. The van der Waals surface area contributed by atoms with E-state index in [9.17, 15) is 10.2 Å². The zero-order valence-corrected chi connectivity index (χ0v) is 10.9. The third-order valence-electron chi connectivity index (χ3n) is 3.97. The molecular formula is C15H16N2O2. The van der Waals surface area contributed by atoms with E-state index in [0.717, 1.165) is 22.3 Å². The third kappa shape index (κ3) is 1.40. The molecule has 19 heavy (non-hydrogen) atoms. The fourth-order valence-corrected chi connectivity index (χ4v) is 2.83. The second kappa shape index (κ2) is 3.35. The minimum absolute atomic E-state index is 0.0804. The van der Waals surface area contributed by atoms with Crippen molar-refractivity contribution in [1.29, 1.82) is 0 Å². The first kappa shape index (κ1) is 11.7. The van der Waals surface area contributed by atoms with E-state index < -0.39 is 0 Å². The molecule has 98 valence electrons. The molecule has 0 aliphatic heterocycles. The molecule has 1 aliphatic rings. The van der Waals surface area contributed by atoms with Gasteiger partial charge in [-0.1, -0.05) is 13.8 Å². The zero-order chi connectivity index (χ0) is 13.9. The van der Waals surface area contributed by atoms with Crippen molar-refractivity contribution < 1.29 is 10.2 Å². The van der Waals surface area contributed by atoms with Gasteiger partial charge in [0.15, 0.2) is 0 Å². The largest absolute Gasteiger partial charge is 0.506 e. The van der Waals surface area contributed by atoms with E-state index in [4.69, 9.17) is 11.5 Å². The van der Waals surface area contributed by atoms with E-state index in [1.54, 1.807) is 24.3 Å². The number of rotatable bonds is 0. The van der Waals surface area contributed by atoms with Crippen LogP contribution in [0.15, 0.2) is 24.3 Å². The van der Waals surface area contributed by atoms with Gasteiger partial charge in [-0.2, -0.15) is 0 Å². The van der Waals surface area contributed by atoms with Gasteiger partial charge in [-0.15, -0.1) is 0 Å². The Kier molecular flexibility index (Phi) is 2.06. The fourth-order valence-electron chi connectivity index (χ4n) is 2.83. The first-order chi connectivity index (χ1) is 8.82. The maximum absolute atomic E-state index is 9.80. The monoisotopic (exact) mass is 256 g/mol. The Morgan fingerprint density at radius 3 is 1.53 bits per heavy atom. The summed E-state index contributed by atoms with van der Waals surface area (Å²) in [7, 11) is 0. The van der Waals surface area contributed by atoms with Gasteiger partial charge in [-0.25, -0.2) is 0 Å². The first-order valence-corrected chi connectivity index (χ1v) is 6.08. The number of hydrogen-bond donors (Lipinski definition) is 4. The molecule has 2 aromatic rings. The van der Waals surface area contributed by atoms with Gasteiger partial charge in [0.05, 0.1) is 11.4 Å². The van der Waals surface area contributed by atoms with Crippen LogP contribution in [0.5, 0.6) is 11.5 Å². The Bertz CT molecular complexity index is 646. The number of fused-ring (bicyclic) bond motifs is 3. The minimum Gasteiger partial charge on any atom is -0.506 e.